The van der Waals surface area contributed by atoms with E-state index in [-0.39, 0.29) is 0 Å². The molecule has 0 amide bonds. The molecule has 5 aromatic rings. The van der Waals surface area contributed by atoms with Gasteiger partial charge in [0.2, 0.25) is 0 Å². The van der Waals surface area contributed by atoms with E-state index in [1.165, 1.54) is 21.7 Å². The third-order valence-electron chi connectivity index (χ3n) is 5.72. The molecule has 5 rings (SSSR count). The van der Waals surface area contributed by atoms with Gasteiger partial charge in [-0.15, -0.1) is 0 Å². The molecule has 1 heterocycles. The van der Waals surface area contributed by atoms with Crippen molar-refractivity contribution < 1.29 is 4.42 Å². The molecular weight excluding hydrogens is 432 g/mol. The van der Waals surface area contributed by atoms with Crippen molar-refractivity contribution in [1.29, 1.82) is 0 Å². The lowest BCUT2D eigenvalue weighted by atomic mass is 9.91. The van der Waals surface area contributed by atoms with E-state index < -0.39 is 0 Å². The molecule has 0 saturated carbocycles. The van der Waals surface area contributed by atoms with E-state index in [0.717, 1.165) is 43.3 Å². The van der Waals surface area contributed by atoms with Crippen LogP contribution in [-0.2, 0) is 0 Å². The van der Waals surface area contributed by atoms with Gasteiger partial charge < -0.3 is 4.42 Å². The minimum Gasteiger partial charge on any atom is -0.455 e. The number of hydrogen-bond donors (Lipinski definition) is 0. The second kappa shape index (κ2) is 7.30. The molecule has 0 aliphatic carbocycles. The van der Waals surface area contributed by atoms with Crippen LogP contribution in [0, 0.1) is 6.92 Å². The third-order valence-corrected chi connectivity index (χ3v) is 6.22. The lowest BCUT2D eigenvalue weighted by Crippen LogP contribution is -1.87. The fraction of sp³-hybridized carbons (Fsp3) is 0.0714. The molecule has 146 valence electrons. The molecule has 4 aromatic carbocycles. The third kappa shape index (κ3) is 2.83. The number of furan rings is 1. The van der Waals surface area contributed by atoms with Gasteiger partial charge >= 0.3 is 0 Å². The van der Waals surface area contributed by atoms with Crippen LogP contribution in [0.5, 0.6) is 0 Å². The van der Waals surface area contributed by atoms with Crippen LogP contribution in [0.4, 0.5) is 0 Å². The maximum absolute atomic E-state index is 6.68. The van der Waals surface area contributed by atoms with Crippen molar-refractivity contribution in [3.05, 3.63) is 101 Å². The first-order valence-electron chi connectivity index (χ1n) is 10.0. The first-order valence-corrected chi connectivity index (χ1v) is 10.8. The second-order valence-corrected chi connectivity index (χ2v) is 8.48. The zero-order chi connectivity index (χ0) is 20.8. The summed E-state index contributed by atoms with van der Waals surface area (Å²) in [6, 6.07) is 23.4. The quantitative estimate of drug-likeness (QED) is 0.196. The molecular formula is C28H21BrO. The molecule has 2 heteroatoms. The number of allylic oxidation sites excluding steroid dienone is 3. The Kier molecular flexibility index (Phi) is 4.60. The number of fused-ring (bicyclic) bond motifs is 6. The van der Waals surface area contributed by atoms with Gasteiger partial charge in [0.1, 0.15) is 11.3 Å². The molecule has 0 aliphatic heterocycles. The summed E-state index contributed by atoms with van der Waals surface area (Å²) in [6.45, 7) is 8.28. The molecule has 0 atom stereocenters. The second-order valence-electron chi connectivity index (χ2n) is 7.56. The van der Waals surface area contributed by atoms with Crippen molar-refractivity contribution in [1.82, 2.24) is 0 Å². The van der Waals surface area contributed by atoms with Crippen molar-refractivity contribution in [3.8, 4) is 11.3 Å². The predicted octanol–water partition coefficient (Wildman–Crippen LogP) is 9.07. The Morgan fingerprint density at radius 2 is 1.63 bits per heavy atom. The smallest absolute Gasteiger partial charge is 0.143 e. The highest BCUT2D eigenvalue weighted by Crippen LogP contribution is 2.46. The van der Waals surface area contributed by atoms with Gasteiger partial charge in [0.15, 0.2) is 0 Å². The zero-order valence-electron chi connectivity index (χ0n) is 17.0. The average molecular weight is 453 g/mol. The van der Waals surface area contributed by atoms with Crippen molar-refractivity contribution >= 4 is 54.0 Å². The largest absolute Gasteiger partial charge is 0.455 e. The number of aryl methyl sites for hydroxylation is 1. The number of rotatable bonds is 3. The SMILES string of the molecule is C=CC(=CC)c1c(-c2ccccc2)oc2c3cc(Br)ccc3c3ccc(C)cc3c12. The van der Waals surface area contributed by atoms with Gasteiger partial charge in [0.05, 0.1) is 0 Å². The van der Waals surface area contributed by atoms with Gasteiger partial charge in [-0.25, -0.2) is 0 Å². The van der Waals surface area contributed by atoms with Crippen LogP contribution in [0.3, 0.4) is 0 Å². The van der Waals surface area contributed by atoms with Gasteiger partial charge in [-0.05, 0) is 47.7 Å². The predicted molar refractivity (Wildman–Crippen MR) is 133 cm³/mol. The Bertz CT molecular complexity index is 1470. The fourth-order valence-electron chi connectivity index (χ4n) is 4.35. The van der Waals surface area contributed by atoms with Crippen molar-refractivity contribution in [2.75, 3.05) is 0 Å². The summed E-state index contributed by atoms with van der Waals surface area (Å²) in [6.07, 6.45) is 4.03. The van der Waals surface area contributed by atoms with Crippen LogP contribution in [-0.4, -0.2) is 0 Å². The summed E-state index contributed by atoms with van der Waals surface area (Å²) in [5.74, 6) is 0.883. The van der Waals surface area contributed by atoms with Crippen LogP contribution in [0.25, 0.3) is 49.4 Å². The van der Waals surface area contributed by atoms with Crippen LogP contribution in [0.1, 0.15) is 18.1 Å². The zero-order valence-corrected chi connectivity index (χ0v) is 18.6. The van der Waals surface area contributed by atoms with Gasteiger partial charge in [0.25, 0.3) is 0 Å². The molecule has 0 aliphatic rings. The number of halogens is 1. The summed E-state index contributed by atoms with van der Waals surface area (Å²) >= 11 is 3.65. The Hall–Kier alpha value is -3.10. The minimum absolute atomic E-state index is 0.883. The van der Waals surface area contributed by atoms with Gasteiger partial charge in [0, 0.05) is 26.4 Å². The Morgan fingerprint density at radius 3 is 2.37 bits per heavy atom. The Labute approximate surface area is 184 Å². The monoisotopic (exact) mass is 452 g/mol. The van der Waals surface area contributed by atoms with Crippen LogP contribution in [0.2, 0.25) is 0 Å². The highest BCUT2D eigenvalue weighted by Gasteiger charge is 2.22. The summed E-state index contributed by atoms with van der Waals surface area (Å²) in [5.41, 5.74) is 5.39. The fourth-order valence-corrected chi connectivity index (χ4v) is 4.71. The molecule has 0 N–H and O–H groups in total. The van der Waals surface area contributed by atoms with Crippen molar-refractivity contribution in [3.63, 3.8) is 0 Å². The Morgan fingerprint density at radius 1 is 0.900 bits per heavy atom. The van der Waals surface area contributed by atoms with Crippen molar-refractivity contribution in [2.45, 2.75) is 13.8 Å². The van der Waals surface area contributed by atoms with Crippen LogP contribution < -0.4 is 0 Å². The molecule has 0 bridgehead atoms. The van der Waals surface area contributed by atoms with E-state index in [1.54, 1.807) is 0 Å². The van der Waals surface area contributed by atoms with E-state index in [1.807, 2.05) is 24.3 Å². The lowest BCUT2D eigenvalue weighted by molar-refractivity contribution is 0.634. The average Bonchev–Trinajstić information content (AvgIpc) is 3.16. The molecule has 30 heavy (non-hydrogen) atoms. The molecule has 0 unspecified atom stereocenters. The molecule has 1 aromatic heterocycles. The normalized spacial score (nSPS) is 12.2. The highest BCUT2D eigenvalue weighted by atomic mass is 79.9. The summed E-state index contributed by atoms with van der Waals surface area (Å²) in [7, 11) is 0. The number of benzene rings is 4. The van der Waals surface area contributed by atoms with E-state index in [4.69, 9.17) is 4.42 Å². The summed E-state index contributed by atoms with van der Waals surface area (Å²) < 4.78 is 7.72. The standard InChI is InChI=1S/C28H21BrO/c1-4-18(5-2)25-26-23-15-17(3)11-13-21(23)22-14-12-20(29)16-24(22)28(26)30-27(25)19-9-7-6-8-10-19/h4-16H,1H2,2-3H3. The van der Waals surface area contributed by atoms with E-state index in [9.17, 15) is 0 Å². The van der Waals surface area contributed by atoms with E-state index in [2.05, 4.69) is 91.0 Å². The van der Waals surface area contributed by atoms with Crippen LogP contribution >= 0.6 is 15.9 Å². The molecule has 0 saturated heterocycles. The van der Waals surface area contributed by atoms with E-state index in [0.29, 0.717) is 0 Å². The summed E-state index contributed by atoms with van der Waals surface area (Å²) in [5, 5.41) is 5.89. The molecule has 1 nitrogen and oxygen atoms in total. The van der Waals surface area contributed by atoms with Gasteiger partial charge in [-0.2, -0.15) is 0 Å². The minimum atomic E-state index is 0.883. The topological polar surface area (TPSA) is 13.1 Å². The van der Waals surface area contributed by atoms with Crippen molar-refractivity contribution in [2.24, 2.45) is 0 Å². The van der Waals surface area contributed by atoms with E-state index >= 15 is 0 Å². The maximum atomic E-state index is 6.68. The van der Waals surface area contributed by atoms with Gasteiger partial charge in [-0.1, -0.05) is 94.8 Å². The highest BCUT2D eigenvalue weighted by molar-refractivity contribution is 9.10. The van der Waals surface area contributed by atoms with Crippen LogP contribution in [0.15, 0.2) is 94.4 Å². The Balaban J connectivity index is 2.10. The maximum Gasteiger partial charge on any atom is 0.143 e. The molecule has 0 fully saturated rings. The number of hydrogen-bond acceptors (Lipinski definition) is 1. The lowest BCUT2D eigenvalue weighted by Gasteiger charge is -2.10. The first kappa shape index (κ1) is 18.9. The molecule has 0 spiro atoms. The van der Waals surface area contributed by atoms with Gasteiger partial charge in [-0.3, -0.25) is 0 Å². The summed E-state index contributed by atoms with van der Waals surface area (Å²) in [4.78, 5) is 0. The first-order chi connectivity index (χ1) is 14.6. The molecule has 0 radical (unpaired) electrons.